The van der Waals surface area contributed by atoms with E-state index in [2.05, 4.69) is 4.98 Å². The first-order valence-corrected chi connectivity index (χ1v) is 6.04. The summed E-state index contributed by atoms with van der Waals surface area (Å²) < 4.78 is 46.9. The largest absolute Gasteiger partial charge is 0.396 e. The number of aromatic nitrogens is 1. The molecule has 0 fully saturated rings. The molecule has 0 aliphatic rings. The Bertz CT molecular complexity index is 490. The summed E-state index contributed by atoms with van der Waals surface area (Å²) in [4.78, 5) is 2.85. The monoisotopic (exact) mass is 256 g/mol. The lowest BCUT2D eigenvalue weighted by atomic mass is 10.2. The van der Waals surface area contributed by atoms with Gasteiger partial charge in [0.2, 0.25) is 0 Å². The van der Waals surface area contributed by atoms with Gasteiger partial charge in [0.25, 0.3) is 15.5 Å². The Labute approximate surface area is 89.5 Å². The molecule has 8 heteroatoms. The number of hydrogen-bond acceptors (Lipinski definition) is 4. The quantitative estimate of drug-likeness (QED) is 0.820. The number of nitrogens with two attached hydrogens (primary N) is 1. The van der Waals surface area contributed by atoms with Crippen molar-refractivity contribution in [3.63, 3.8) is 0 Å². The van der Waals surface area contributed by atoms with Gasteiger partial charge < -0.3 is 5.73 Å². The molecule has 0 amide bonds. The summed E-state index contributed by atoms with van der Waals surface area (Å²) in [5.41, 5.74) is 4.20. The van der Waals surface area contributed by atoms with Crippen molar-refractivity contribution in [1.82, 2.24) is 4.98 Å². The number of nitrogens with zero attached hydrogens (tertiary/aromatic N) is 1. The summed E-state index contributed by atoms with van der Waals surface area (Å²) in [6.45, 7) is 1.18. The molecule has 15 heavy (non-hydrogen) atoms. The third-order valence-corrected chi connectivity index (χ3v) is 3.27. The second kappa shape index (κ2) is 3.90. The van der Waals surface area contributed by atoms with Crippen molar-refractivity contribution >= 4 is 25.4 Å². The molecular formula is C7H7ClF2N2O2S. The van der Waals surface area contributed by atoms with Gasteiger partial charge in [0.15, 0.2) is 0 Å². The van der Waals surface area contributed by atoms with E-state index in [1.807, 2.05) is 0 Å². The van der Waals surface area contributed by atoms with Crippen LogP contribution in [-0.2, 0) is 9.05 Å². The van der Waals surface area contributed by atoms with Gasteiger partial charge in [-0.1, -0.05) is 0 Å². The maximum absolute atomic E-state index is 12.4. The standard InChI is InChI=1S/C7H7ClF2N2O2S/c1-3-5(7(9)10)12-2-4(11)6(3)15(8,13)14/h2,7H,11H2,1H3. The van der Waals surface area contributed by atoms with Crippen molar-refractivity contribution in [1.29, 1.82) is 0 Å². The van der Waals surface area contributed by atoms with Crippen molar-refractivity contribution < 1.29 is 17.2 Å². The molecule has 0 aromatic carbocycles. The number of halogens is 3. The van der Waals surface area contributed by atoms with Crippen LogP contribution in [0.2, 0.25) is 0 Å². The number of rotatable bonds is 2. The van der Waals surface area contributed by atoms with Crippen LogP contribution in [0.5, 0.6) is 0 Å². The van der Waals surface area contributed by atoms with E-state index in [1.54, 1.807) is 0 Å². The van der Waals surface area contributed by atoms with Gasteiger partial charge in [-0.15, -0.1) is 0 Å². The summed E-state index contributed by atoms with van der Waals surface area (Å²) in [5, 5.41) is 0. The SMILES string of the molecule is Cc1c(C(F)F)ncc(N)c1S(=O)(=O)Cl. The first-order chi connectivity index (χ1) is 6.75. The summed E-state index contributed by atoms with van der Waals surface area (Å²) in [7, 11) is 0.919. The fourth-order valence-corrected chi connectivity index (χ4v) is 2.59. The summed E-state index contributed by atoms with van der Waals surface area (Å²) >= 11 is 0. The highest BCUT2D eigenvalue weighted by Gasteiger charge is 2.23. The van der Waals surface area contributed by atoms with E-state index in [9.17, 15) is 17.2 Å². The minimum atomic E-state index is -4.15. The van der Waals surface area contributed by atoms with Crippen LogP contribution in [0.3, 0.4) is 0 Å². The zero-order valence-electron chi connectivity index (χ0n) is 7.54. The topological polar surface area (TPSA) is 73.0 Å². The number of pyridine rings is 1. The zero-order chi connectivity index (χ0) is 11.8. The predicted molar refractivity (Wildman–Crippen MR) is 51.4 cm³/mol. The van der Waals surface area contributed by atoms with Gasteiger partial charge in [-0.25, -0.2) is 17.2 Å². The molecule has 1 aromatic heterocycles. The molecule has 2 N–H and O–H groups in total. The van der Waals surface area contributed by atoms with E-state index in [0.29, 0.717) is 0 Å². The molecule has 0 aliphatic carbocycles. The minimum Gasteiger partial charge on any atom is -0.396 e. The maximum Gasteiger partial charge on any atom is 0.280 e. The van der Waals surface area contributed by atoms with Gasteiger partial charge in [0, 0.05) is 10.7 Å². The lowest BCUT2D eigenvalue weighted by molar-refractivity contribution is 0.145. The van der Waals surface area contributed by atoms with Crippen molar-refractivity contribution in [2.24, 2.45) is 0 Å². The van der Waals surface area contributed by atoms with Crippen LogP contribution >= 0.6 is 10.7 Å². The molecule has 84 valence electrons. The van der Waals surface area contributed by atoms with Gasteiger partial charge in [-0.05, 0) is 12.5 Å². The minimum absolute atomic E-state index is 0.222. The van der Waals surface area contributed by atoms with E-state index < -0.39 is 26.1 Å². The van der Waals surface area contributed by atoms with E-state index in [0.717, 1.165) is 6.20 Å². The van der Waals surface area contributed by atoms with Gasteiger partial charge in [0.1, 0.15) is 10.6 Å². The van der Waals surface area contributed by atoms with Crippen molar-refractivity contribution in [3.8, 4) is 0 Å². The zero-order valence-corrected chi connectivity index (χ0v) is 9.11. The molecule has 0 aliphatic heterocycles. The normalized spacial score (nSPS) is 12.1. The maximum atomic E-state index is 12.4. The van der Waals surface area contributed by atoms with Crippen LogP contribution in [-0.4, -0.2) is 13.4 Å². The Morgan fingerprint density at radius 3 is 2.47 bits per heavy atom. The average molecular weight is 257 g/mol. The third kappa shape index (κ3) is 2.35. The van der Waals surface area contributed by atoms with Crippen LogP contribution < -0.4 is 5.73 Å². The molecule has 4 nitrogen and oxygen atoms in total. The number of anilines is 1. The van der Waals surface area contributed by atoms with Crippen molar-refractivity contribution in [3.05, 3.63) is 17.5 Å². The second-order valence-corrected chi connectivity index (χ2v) is 5.29. The van der Waals surface area contributed by atoms with E-state index in [-0.39, 0.29) is 11.3 Å². The first kappa shape index (κ1) is 12.1. The van der Waals surface area contributed by atoms with Crippen LogP contribution in [0, 0.1) is 6.92 Å². The summed E-state index contributed by atoms with van der Waals surface area (Å²) in [6.07, 6.45) is -2.02. The smallest absolute Gasteiger partial charge is 0.280 e. The molecule has 0 unspecified atom stereocenters. The molecule has 1 heterocycles. The van der Waals surface area contributed by atoms with Crippen LogP contribution in [0.25, 0.3) is 0 Å². The molecule has 1 rings (SSSR count). The van der Waals surface area contributed by atoms with Crippen molar-refractivity contribution in [2.45, 2.75) is 18.2 Å². The van der Waals surface area contributed by atoms with E-state index in [4.69, 9.17) is 16.4 Å². The highest BCUT2D eigenvalue weighted by atomic mass is 35.7. The third-order valence-electron chi connectivity index (χ3n) is 1.78. The van der Waals surface area contributed by atoms with Crippen LogP contribution in [0.15, 0.2) is 11.1 Å². The Morgan fingerprint density at radius 2 is 2.07 bits per heavy atom. The average Bonchev–Trinajstić information content (AvgIpc) is 2.00. The van der Waals surface area contributed by atoms with E-state index >= 15 is 0 Å². The van der Waals surface area contributed by atoms with Crippen LogP contribution in [0.1, 0.15) is 17.7 Å². The Hall–Kier alpha value is -0.950. The molecular weight excluding hydrogens is 250 g/mol. The van der Waals surface area contributed by atoms with E-state index in [1.165, 1.54) is 6.92 Å². The Balaban J connectivity index is 3.59. The number of hydrogen-bond donors (Lipinski definition) is 1. The van der Waals surface area contributed by atoms with Crippen molar-refractivity contribution in [2.75, 3.05) is 5.73 Å². The number of nitrogen functional groups attached to an aromatic ring is 1. The van der Waals surface area contributed by atoms with Gasteiger partial charge >= 0.3 is 0 Å². The second-order valence-electron chi connectivity index (χ2n) is 2.79. The Morgan fingerprint density at radius 1 is 1.53 bits per heavy atom. The molecule has 1 aromatic rings. The van der Waals surface area contributed by atoms with Gasteiger partial charge in [-0.2, -0.15) is 0 Å². The van der Waals surface area contributed by atoms with Crippen LogP contribution in [0.4, 0.5) is 14.5 Å². The first-order valence-electron chi connectivity index (χ1n) is 3.73. The molecule has 0 radical (unpaired) electrons. The highest BCUT2D eigenvalue weighted by Crippen LogP contribution is 2.31. The summed E-state index contributed by atoms with van der Waals surface area (Å²) in [6, 6.07) is 0. The molecule has 0 bridgehead atoms. The molecule has 0 atom stereocenters. The lowest BCUT2D eigenvalue weighted by Gasteiger charge is -2.09. The predicted octanol–water partition coefficient (Wildman–Crippen LogP) is 1.84. The van der Waals surface area contributed by atoms with Gasteiger partial charge in [-0.3, -0.25) is 4.98 Å². The highest BCUT2D eigenvalue weighted by molar-refractivity contribution is 8.13. The Kier molecular flexibility index (Phi) is 3.15. The van der Waals surface area contributed by atoms with Gasteiger partial charge in [0.05, 0.1) is 11.9 Å². The fourth-order valence-electron chi connectivity index (χ4n) is 1.17. The summed E-state index contributed by atoms with van der Waals surface area (Å²) in [5.74, 6) is 0. The lowest BCUT2D eigenvalue weighted by Crippen LogP contribution is -2.06. The molecule has 0 spiro atoms. The fraction of sp³-hybridized carbons (Fsp3) is 0.286. The molecule has 0 saturated heterocycles. The number of alkyl halides is 2. The molecule has 0 saturated carbocycles.